The number of hydrogen-bond donors (Lipinski definition) is 2. The zero-order valence-corrected chi connectivity index (χ0v) is 16.9. The molecule has 1 amide bonds. The first kappa shape index (κ1) is 21.0. The van der Waals surface area contributed by atoms with Gasteiger partial charge in [0.1, 0.15) is 11.5 Å². The third-order valence-electron chi connectivity index (χ3n) is 5.54. The highest BCUT2D eigenvalue weighted by molar-refractivity contribution is 6.08. The van der Waals surface area contributed by atoms with Crippen molar-refractivity contribution in [1.82, 2.24) is 5.32 Å². The summed E-state index contributed by atoms with van der Waals surface area (Å²) in [7, 11) is 3.08. The molecule has 1 heterocycles. The van der Waals surface area contributed by atoms with Crippen molar-refractivity contribution in [2.24, 2.45) is 5.16 Å². The van der Waals surface area contributed by atoms with E-state index in [1.165, 1.54) is 7.11 Å². The van der Waals surface area contributed by atoms with E-state index in [2.05, 4.69) is 10.5 Å². The molecule has 0 aromatic heterocycles. The molecule has 0 spiro atoms. The quantitative estimate of drug-likeness (QED) is 0.677. The fourth-order valence-electron chi connectivity index (χ4n) is 3.94. The molecule has 1 aliphatic carbocycles. The lowest BCUT2D eigenvalue weighted by atomic mass is 9.89. The van der Waals surface area contributed by atoms with E-state index in [9.17, 15) is 14.7 Å². The Hall–Kier alpha value is -2.77. The molecule has 0 saturated heterocycles. The number of carboxylic acids is 1. The van der Waals surface area contributed by atoms with E-state index >= 15 is 0 Å². The number of oxime groups is 1. The van der Waals surface area contributed by atoms with Crippen molar-refractivity contribution in [2.75, 3.05) is 14.2 Å². The summed E-state index contributed by atoms with van der Waals surface area (Å²) in [6, 6.07) is 5.27. The van der Waals surface area contributed by atoms with Crippen LogP contribution in [0.1, 0.15) is 56.9 Å². The molecule has 158 valence electrons. The zero-order chi connectivity index (χ0) is 20.9. The topological polar surface area (TPSA) is 106 Å². The summed E-state index contributed by atoms with van der Waals surface area (Å²) in [6.45, 7) is 0. The van der Waals surface area contributed by atoms with Gasteiger partial charge >= 0.3 is 5.97 Å². The summed E-state index contributed by atoms with van der Waals surface area (Å²) in [6.07, 6.45) is 5.83. The highest BCUT2D eigenvalue weighted by Gasteiger charge is 2.49. The van der Waals surface area contributed by atoms with Crippen LogP contribution in [0.15, 0.2) is 23.4 Å². The number of aliphatic carboxylic acids is 1. The van der Waals surface area contributed by atoms with E-state index in [1.54, 1.807) is 25.3 Å². The van der Waals surface area contributed by atoms with Crippen LogP contribution in [0.3, 0.4) is 0 Å². The molecule has 1 aromatic carbocycles. The summed E-state index contributed by atoms with van der Waals surface area (Å²) in [5.74, 6) is -0.396. The van der Waals surface area contributed by atoms with Crippen molar-refractivity contribution >= 4 is 17.6 Å². The van der Waals surface area contributed by atoms with Crippen LogP contribution >= 0.6 is 0 Å². The number of rotatable bonds is 7. The molecule has 3 rings (SSSR count). The monoisotopic (exact) mass is 404 g/mol. The van der Waals surface area contributed by atoms with Crippen molar-refractivity contribution in [1.29, 1.82) is 0 Å². The number of benzene rings is 1. The molecule has 8 heteroatoms. The summed E-state index contributed by atoms with van der Waals surface area (Å²) < 4.78 is 10.6. The molecule has 0 bridgehead atoms. The Morgan fingerprint density at radius 3 is 2.55 bits per heavy atom. The van der Waals surface area contributed by atoms with Crippen LogP contribution in [0.25, 0.3) is 0 Å². The van der Waals surface area contributed by atoms with Gasteiger partial charge in [0.15, 0.2) is 0 Å². The third kappa shape index (κ3) is 4.81. The van der Waals surface area contributed by atoms with Gasteiger partial charge in [0.25, 0.3) is 5.91 Å². The smallest absolute Gasteiger partial charge is 0.308 e. The summed E-state index contributed by atoms with van der Waals surface area (Å²) in [5, 5.41) is 16.5. The standard InChI is InChI=1S/C21H28N2O6/c1-27-15-9-10-16(18(11-15)28-2)17-12-21(29-23-17,13-19(24)25)20(26)22-14-7-5-3-4-6-8-14/h9-11,14H,3-8,12-13H2,1-2H3,(H,22,26)(H,24,25). The van der Waals surface area contributed by atoms with Gasteiger partial charge in [-0.1, -0.05) is 30.8 Å². The van der Waals surface area contributed by atoms with Crippen molar-refractivity contribution in [3.8, 4) is 11.5 Å². The van der Waals surface area contributed by atoms with Crippen LogP contribution in [-0.2, 0) is 14.4 Å². The van der Waals surface area contributed by atoms with Crippen molar-refractivity contribution in [3.63, 3.8) is 0 Å². The number of methoxy groups -OCH3 is 2. The van der Waals surface area contributed by atoms with E-state index in [4.69, 9.17) is 14.3 Å². The van der Waals surface area contributed by atoms with Gasteiger partial charge in [-0.25, -0.2) is 0 Å². The van der Waals surface area contributed by atoms with Gasteiger partial charge in [-0.15, -0.1) is 0 Å². The van der Waals surface area contributed by atoms with Crippen molar-refractivity contribution in [3.05, 3.63) is 23.8 Å². The molecule has 0 radical (unpaired) electrons. The Balaban J connectivity index is 1.80. The molecule has 1 unspecified atom stereocenters. The van der Waals surface area contributed by atoms with E-state index in [1.807, 2.05) is 0 Å². The number of nitrogens with zero attached hydrogens (tertiary/aromatic N) is 1. The molecule has 1 fully saturated rings. The van der Waals surface area contributed by atoms with Gasteiger partial charge in [0.2, 0.25) is 5.60 Å². The van der Waals surface area contributed by atoms with Gasteiger partial charge in [-0.05, 0) is 25.0 Å². The summed E-state index contributed by atoms with van der Waals surface area (Å²) in [4.78, 5) is 30.1. The molecule has 29 heavy (non-hydrogen) atoms. The number of hydrogen-bond acceptors (Lipinski definition) is 6. The largest absolute Gasteiger partial charge is 0.497 e. The maximum atomic E-state index is 13.1. The number of ether oxygens (including phenoxy) is 2. The average molecular weight is 404 g/mol. The number of carboxylic acid groups (broad SMARTS) is 1. The zero-order valence-electron chi connectivity index (χ0n) is 16.9. The molecule has 8 nitrogen and oxygen atoms in total. The SMILES string of the molecule is COc1ccc(C2=NOC(CC(=O)O)(C(=O)NC3CCCCCC3)C2)c(OC)c1. The molecule has 1 atom stereocenters. The van der Waals surface area contributed by atoms with Crippen LogP contribution in [0.4, 0.5) is 0 Å². The lowest BCUT2D eigenvalue weighted by molar-refractivity contribution is -0.156. The van der Waals surface area contributed by atoms with E-state index < -0.39 is 23.9 Å². The molecule has 2 N–H and O–H groups in total. The number of amides is 1. The molecular weight excluding hydrogens is 376 g/mol. The highest BCUT2D eigenvalue weighted by Crippen LogP contribution is 2.35. The Labute approximate surface area is 170 Å². The minimum absolute atomic E-state index is 0.0406. The molecule has 1 aliphatic heterocycles. The van der Waals surface area contributed by atoms with E-state index in [0.717, 1.165) is 38.5 Å². The first-order valence-corrected chi connectivity index (χ1v) is 9.97. The van der Waals surface area contributed by atoms with Crippen LogP contribution < -0.4 is 14.8 Å². The second-order valence-corrected chi connectivity index (χ2v) is 7.60. The second kappa shape index (κ2) is 9.15. The maximum absolute atomic E-state index is 13.1. The fourth-order valence-corrected chi connectivity index (χ4v) is 3.94. The molecule has 1 saturated carbocycles. The van der Waals surface area contributed by atoms with Crippen LogP contribution in [0.5, 0.6) is 11.5 Å². The molecular formula is C21H28N2O6. The highest BCUT2D eigenvalue weighted by atomic mass is 16.7. The van der Waals surface area contributed by atoms with Crippen LogP contribution in [0.2, 0.25) is 0 Å². The van der Waals surface area contributed by atoms with Crippen LogP contribution in [-0.4, -0.2) is 48.6 Å². The predicted octanol–water partition coefficient (Wildman–Crippen LogP) is 2.88. The van der Waals surface area contributed by atoms with Gasteiger partial charge in [0, 0.05) is 24.1 Å². The molecule has 2 aliphatic rings. The first-order chi connectivity index (χ1) is 14.0. The van der Waals surface area contributed by atoms with Crippen LogP contribution in [0, 0.1) is 0 Å². The Morgan fingerprint density at radius 2 is 1.93 bits per heavy atom. The maximum Gasteiger partial charge on any atom is 0.308 e. The van der Waals surface area contributed by atoms with Gasteiger partial charge in [-0.3, -0.25) is 9.59 Å². The third-order valence-corrected chi connectivity index (χ3v) is 5.54. The number of carbonyl (C=O) groups excluding carboxylic acids is 1. The second-order valence-electron chi connectivity index (χ2n) is 7.60. The van der Waals surface area contributed by atoms with Gasteiger partial charge in [-0.2, -0.15) is 0 Å². The Bertz CT molecular complexity index is 785. The van der Waals surface area contributed by atoms with Crippen molar-refractivity contribution < 1.29 is 29.0 Å². The summed E-state index contributed by atoms with van der Waals surface area (Å²) >= 11 is 0. The van der Waals surface area contributed by atoms with E-state index in [-0.39, 0.29) is 12.5 Å². The predicted molar refractivity (Wildman–Crippen MR) is 106 cm³/mol. The van der Waals surface area contributed by atoms with Gasteiger partial charge < -0.3 is 24.7 Å². The lowest BCUT2D eigenvalue weighted by Gasteiger charge is -2.27. The van der Waals surface area contributed by atoms with E-state index in [0.29, 0.717) is 22.8 Å². The Kier molecular flexibility index (Phi) is 6.61. The minimum atomic E-state index is -1.56. The number of carbonyl (C=O) groups is 2. The summed E-state index contributed by atoms with van der Waals surface area (Å²) in [5.41, 5.74) is -0.442. The van der Waals surface area contributed by atoms with Crippen molar-refractivity contribution in [2.45, 2.75) is 63.0 Å². The first-order valence-electron chi connectivity index (χ1n) is 9.97. The number of nitrogens with one attached hydrogen (secondary N) is 1. The lowest BCUT2D eigenvalue weighted by Crippen LogP contribution is -2.51. The normalized spacial score (nSPS) is 22.2. The minimum Gasteiger partial charge on any atom is -0.497 e. The Morgan fingerprint density at radius 1 is 1.21 bits per heavy atom. The van der Waals surface area contributed by atoms with Gasteiger partial charge in [0.05, 0.1) is 26.4 Å². The fraction of sp³-hybridized carbons (Fsp3) is 0.571. The average Bonchev–Trinajstić information content (AvgIpc) is 2.96. The molecule has 1 aromatic rings.